The van der Waals surface area contributed by atoms with Crippen molar-refractivity contribution in [2.24, 2.45) is 0 Å². The average molecular weight is 690 g/mol. The van der Waals surface area contributed by atoms with Crippen molar-refractivity contribution in [2.75, 3.05) is 38.0 Å². The Morgan fingerprint density at radius 2 is 1.88 bits per heavy atom. The largest absolute Gasteiger partial charge is 0.495 e. The number of carbonyl (C=O) groups excluding carboxylic acids is 1. The third kappa shape index (κ3) is 7.79. The minimum atomic E-state index is -4.83. The molecule has 5 rings (SSSR count). The summed E-state index contributed by atoms with van der Waals surface area (Å²) >= 11 is 0. The Morgan fingerprint density at radius 3 is 2.58 bits per heavy atom. The van der Waals surface area contributed by atoms with Gasteiger partial charge >= 0.3 is 13.8 Å². The van der Waals surface area contributed by atoms with Crippen LogP contribution < -0.4 is 15.4 Å². The van der Waals surface area contributed by atoms with E-state index < -0.39 is 25.2 Å². The highest BCUT2D eigenvalue weighted by Crippen LogP contribution is 2.46. The van der Waals surface area contributed by atoms with E-state index in [4.69, 9.17) is 14.4 Å². The van der Waals surface area contributed by atoms with Gasteiger partial charge in [0.15, 0.2) is 0 Å². The number of ether oxygens (including phenoxy) is 1. The Hall–Kier alpha value is -4.50. The number of halogens is 3. The van der Waals surface area contributed by atoms with E-state index >= 15 is 0 Å². The van der Waals surface area contributed by atoms with Gasteiger partial charge in [-0.2, -0.15) is 23.3 Å². The van der Waals surface area contributed by atoms with Crippen LogP contribution in [0.3, 0.4) is 0 Å². The molecule has 0 bridgehead atoms. The molecule has 3 heterocycles. The fourth-order valence-corrected chi connectivity index (χ4v) is 6.50. The summed E-state index contributed by atoms with van der Waals surface area (Å²) in [6, 6.07) is 7.82. The number of aromatic nitrogens is 4. The van der Waals surface area contributed by atoms with Gasteiger partial charge in [0, 0.05) is 44.7 Å². The lowest BCUT2D eigenvalue weighted by Crippen LogP contribution is -2.18. The molecule has 17 heteroatoms. The Morgan fingerprint density at radius 1 is 1.10 bits per heavy atom. The van der Waals surface area contributed by atoms with Gasteiger partial charge in [-0.3, -0.25) is 14.0 Å². The molecule has 1 amide bonds. The summed E-state index contributed by atoms with van der Waals surface area (Å²) in [5.41, 5.74) is 2.03. The Balaban J connectivity index is 1.47. The van der Waals surface area contributed by atoms with Gasteiger partial charge in [-0.1, -0.05) is 12.1 Å². The fourth-order valence-electron chi connectivity index (χ4n) is 5.35. The normalized spacial score (nSPS) is 14.2. The van der Waals surface area contributed by atoms with Crippen LogP contribution in [0.4, 0.5) is 36.3 Å². The number of rotatable bonds is 14. The highest BCUT2D eigenvalue weighted by atomic mass is 31.2. The monoisotopic (exact) mass is 689 g/mol. The van der Waals surface area contributed by atoms with E-state index in [-0.39, 0.29) is 60.5 Å². The van der Waals surface area contributed by atoms with Gasteiger partial charge in [0.1, 0.15) is 17.1 Å². The average Bonchev–Trinajstić information content (AvgIpc) is 3.61. The number of alkyl halides is 3. The molecule has 4 aromatic rings. The number of nitrogens with zero attached hydrogens (tertiary/aromatic N) is 5. The van der Waals surface area contributed by atoms with E-state index in [0.717, 1.165) is 17.5 Å². The first-order chi connectivity index (χ1) is 22.8. The second kappa shape index (κ2) is 14.3. The maximum Gasteiger partial charge on any atom is 0.421 e. The van der Waals surface area contributed by atoms with Crippen molar-refractivity contribution in [1.82, 2.24) is 24.6 Å². The summed E-state index contributed by atoms with van der Waals surface area (Å²) in [6.07, 6.45) is 0.396. The molecule has 2 aromatic heterocycles. The molecule has 256 valence electrons. The van der Waals surface area contributed by atoms with Crippen molar-refractivity contribution in [2.45, 2.75) is 45.2 Å². The van der Waals surface area contributed by atoms with Crippen molar-refractivity contribution in [3.63, 3.8) is 0 Å². The molecular formula is C31H35F3N7O6P. The lowest BCUT2D eigenvalue weighted by atomic mass is 9.97. The molecule has 0 fully saturated rings. The molecule has 2 aromatic carbocycles. The van der Waals surface area contributed by atoms with Crippen LogP contribution in [-0.2, 0) is 34.5 Å². The van der Waals surface area contributed by atoms with Crippen molar-refractivity contribution in [1.29, 1.82) is 0 Å². The Labute approximate surface area is 274 Å². The van der Waals surface area contributed by atoms with Gasteiger partial charge in [0.2, 0.25) is 5.95 Å². The summed E-state index contributed by atoms with van der Waals surface area (Å²) < 4.78 is 66.8. The number of benzene rings is 2. The lowest BCUT2D eigenvalue weighted by Gasteiger charge is -2.18. The standard InChI is InChI=1S/C31H35F3N7O6P/c1-4-47-48(44,45)18-19-7-9-24(26(13-19)46-3)38-30-35-15-23(31(32,33)34)28(39-30)37-25-10-8-21(22-17-40(2)29(43)27(22)25)20-14-36-41(16-20)11-5-6-12-42/h7-10,13-16,42H,4-6,11-12,17-18H2,1-3H3,(H,44,45)(H2,35,37,38,39). The van der Waals surface area contributed by atoms with Gasteiger partial charge in [-0.15, -0.1) is 0 Å². The Kier molecular flexibility index (Phi) is 10.4. The number of hydrogen-bond acceptors (Lipinski definition) is 10. The van der Waals surface area contributed by atoms with E-state index in [1.54, 1.807) is 37.0 Å². The van der Waals surface area contributed by atoms with Gasteiger partial charge in [0.25, 0.3) is 5.91 Å². The first kappa shape index (κ1) is 34.8. The van der Waals surface area contributed by atoms with E-state index in [1.165, 1.54) is 30.2 Å². The number of methoxy groups -OCH3 is 1. The number of nitrogens with one attached hydrogen (secondary N) is 2. The lowest BCUT2D eigenvalue weighted by molar-refractivity contribution is -0.137. The van der Waals surface area contributed by atoms with E-state index in [1.807, 2.05) is 6.20 Å². The van der Waals surface area contributed by atoms with Crippen LogP contribution in [-0.4, -0.2) is 67.9 Å². The number of fused-ring (bicyclic) bond motifs is 1. The second-order valence-corrected chi connectivity index (χ2v) is 12.9. The summed E-state index contributed by atoms with van der Waals surface area (Å²) in [6.45, 7) is 2.58. The molecule has 1 unspecified atom stereocenters. The maximum absolute atomic E-state index is 14.2. The van der Waals surface area contributed by atoms with Gasteiger partial charge < -0.3 is 34.8 Å². The molecule has 0 aliphatic carbocycles. The molecule has 0 spiro atoms. The number of hydrogen-bond donors (Lipinski definition) is 4. The highest BCUT2D eigenvalue weighted by Gasteiger charge is 2.37. The first-order valence-corrected chi connectivity index (χ1v) is 16.8. The number of amides is 1. The minimum Gasteiger partial charge on any atom is -0.495 e. The van der Waals surface area contributed by atoms with Crippen LogP contribution in [0.1, 0.15) is 46.8 Å². The van der Waals surface area contributed by atoms with Crippen molar-refractivity contribution in [3.8, 4) is 16.9 Å². The molecule has 0 saturated carbocycles. The maximum atomic E-state index is 14.2. The second-order valence-electron chi connectivity index (χ2n) is 11.0. The molecule has 1 atom stereocenters. The zero-order chi connectivity index (χ0) is 34.6. The van der Waals surface area contributed by atoms with Crippen molar-refractivity contribution in [3.05, 3.63) is 71.2 Å². The number of aliphatic hydroxyl groups is 1. The quantitative estimate of drug-likeness (QED) is 0.0916. The van der Waals surface area contributed by atoms with Crippen LogP contribution in [0.5, 0.6) is 5.75 Å². The van der Waals surface area contributed by atoms with Crippen molar-refractivity contribution < 1.29 is 41.8 Å². The predicted octanol–water partition coefficient (Wildman–Crippen LogP) is 5.93. The smallest absolute Gasteiger partial charge is 0.421 e. The van der Waals surface area contributed by atoms with Crippen molar-refractivity contribution >= 4 is 36.6 Å². The van der Waals surface area contributed by atoms with Crippen LogP contribution in [0.25, 0.3) is 11.1 Å². The summed E-state index contributed by atoms with van der Waals surface area (Å²) in [4.78, 5) is 32.8. The number of aryl methyl sites for hydroxylation is 1. The molecule has 0 saturated heterocycles. The highest BCUT2D eigenvalue weighted by molar-refractivity contribution is 7.51. The van der Waals surface area contributed by atoms with Crippen LogP contribution in [0.2, 0.25) is 0 Å². The molecule has 48 heavy (non-hydrogen) atoms. The Bertz CT molecular complexity index is 1850. The fraction of sp³-hybridized carbons (Fsp3) is 0.355. The third-order valence-electron chi connectivity index (χ3n) is 7.58. The topological polar surface area (TPSA) is 164 Å². The van der Waals surface area contributed by atoms with Crippen LogP contribution in [0.15, 0.2) is 48.9 Å². The molecule has 0 radical (unpaired) electrons. The predicted molar refractivity (Wildman–Crippen MR) is 172 cm³/mol. The SMILES string of the molecule is CCOP(=O)(O)Cc1ccc(Nc2ncc(C(F)(F)F)c(Nc3ccc(-c4cnn(CCCCO)c4)c4c3C(=O)N(C)C4)n2)c(OC)c1. The van der Waals surface area contributed by atoms with Gasteiger partial charge in [-0.05, 0) is 54.7 Å². The number of carbonyl (C=O) groups is 1. The van der Waals surface area contributed by atoms with E-state index in [9.17, 15) is 27.4 Å². The summed E-state index contributed by atoms with van der Waals surface area (Å²) in [7, 11) is -0.906. The molecule has 4 N–H and O–H groups in total. The molecular weight excluding hydrogens is 654 g/mol. The van der Waals surface area contributed by atoms with E-state index in [0.29, 0.717) is 30.3 Å². The van der Waals surface area contributed by atoms with Gasteiger partial charge in [-0.25, -0.2) is 4.98 Å². The number of unbranched alkanes of at least 4 members (excludes halogenated alkanes) is 1. The first-order valence-electron chi connectivity index (χ1n) is 15.0. The number of aliphatic hydroxyl groups excluding tert-OH is 1. The minimum absolute atomic E-state index is 0.0579. The van der Waals surface area contributed by atoms with Gasteiger partial charge in [0.05, 0.1) is 43.0 Å². The number of anilines is 4. The third-order valence-corrected chi connectivity index (χ3v) is 9.01. The summed E-state index contributed by atoms with van der Waals surface area (Å²) in [5.74, 6) is -0.931. The van der Waals surface area contributed by atoms with Crippen LogP contribution in [0, 0.1) is 0 Å². The summed E-state index contributed by atoms with van der Waals surface area (Å²) in [5, 5.41) is 19.0. The molecule has 13 nitrogen and oxygen atoms in total. The van der Waals surface area contributed by atoms with Crippen LogP contribution >= 0.6 is 7.60 Å². The zero-order valence-electron chi connectivity index (χ0n) is 26.4. The molecule has 1 aliphatic heterocycles. The molecule has 1 aliphatic rings. The van der Waals surface area contributed by atoms with E-state index in [2.05, 4.69) is 25.7 Å². The zero-order valence-corrected chi connectivity index (χ0v) is 27.3.